The smallest absolute Gasteiger partial charge is 0.145 e. The number of rotatable bonds is 9. The number of aromatic nitrogens is 1. The Morgan fingerprint density at radius 2 is 1.86 bits per heavy atom. The molecule has 0 aliphatic rings. The number of methoxy groups -OCH3 is 1. The van der Waals surface area contributed by atoms with Crippen LogP contribution in [0.1, 0.15) is 45.4 Å². The first kappa shape index (κ1) is 15.6. The maximum Gasteiger partial charge on any atom is 0.145 e. The number of anilines is 1. The molecule has 0 fully saturated rings. The van der Waals surface area contributed by atoms with Crippen molar-refractivity contribution in [3.8, 4) is 5.75 Å². The molecule has 0 aliphatic carbocycles. The highest BCUT2D eigenvalue weighted by atomic mass is 16.5. The van der Waals surface area contributed by atoms with Gasteiger partial charge < -0.3 is 10.1 Å². The van der Waals surface area contributed by atoms with Crippen molar-refractivity contribution in [1.82, 2.24) is 4.98 Å². The number of nitrogens with one attached hydrogen (secondary N) is 1. The van der Waals surface area contributed by atoms with Crippen molar-refractivity contribution in [2.75, 3.05) is 19.0 Å². The highest BCUT2D eigenvalue weighted by molar-refractivity contribution is 5.94. The van der Waals surface area contributed by atoms with Gasteiger partial charge in [0.1, 0.15) is 11.3 Å². The molecule has 0 saturated carbocycles. The molecular formula is C18H26N2O. The lowest BCUT2D eigenvalue weighted by molar-refractivity contribution is 0.419. The number of unbranched alkanes of at least 4 members (excludes halogenated alkanes) is 5. The number of benzene rings is 1. The second-order valence-corrected chi connectivity index (χ2v) is 5.41. The van der Waals surface area contributed by atoms with Gasteiger partial charge in [0.2, 0.25) is 0 Å². The predicted molar refractivity (Wildman–Crippen MR) is 90.2 cm³/mol. The second-order valence-electron chi connectivity index (χ2n) is 5.41. The molecule has 0 aliphatic heterocycles. The van der Waals surface area contributed by atoms with Crippen molar-refractivity contribution >= 4 is 16.6 Å². The number of pyridine rings is 1. The fraction of sp³-hybridized carbons (Fsp3) is 0.500. The first-order chi connectivity index (χ1) is 10.4. The van der Waals surface area contributed by atoms with Crippen LogP contribution in [0, 0.1) is 0 Å². The van der Waals surface area contributed by atoms with Crippen LogP contribution in [0.5, 0.6) is 5.75 Å². The molecule has 21 heavy (non-hydrogen) atoms. The van der Waals surface area contributed by atoms with Gasteiger partial charge in [0.05, 0.1) is 7.11 Å². The van der Waals surface area contributed by atoms with Crippen LogP contribution in [0.15, 0.2) is 30.5 Å². The van der Waals surface area contributed by atoms with Crippen molar-refractivity contribution in [1.29, 1.82) is 0 Å². The third-order valence-electron chi connectivity index (χ3n) is 3.80. The van der Waals surface area contributed by atoms with Crippen molar-refractivity contribution in [2.45, 2.75) is 45.4 Å². The molecule has 0 bridgehead atoms. The Hall–Kier alpha value is -1.77. The molecule has 0 amide bonds. The third kappa shape index (κ3) is 4.35. The van der Waals surface area contributed by atoms with Gasteiger partial charge in [-0.1, -0.05) is 51.2 Å². The molecule has 1 N–H and O–H groups in total. The predicted octanol–water partition coefficient (Wildman–Crippen LogP) is 5.02. The molecule has 3 heteroatoms. The second kappa shape index (κ2) is 8.50. The summed E-state index contributed by atoms with van der Waals surface area (Å²) in [6, 6.07) is 8.10. The number of hydrogen-bond donors (Lipinski definition) is 1. The van der Waals surface area contributed by atoms with Crippen LogP contribution in [-0.2, 0) is 0 Å². The number of nitrogens with zero attached hydrogens (tertiary/aromatic N) is 1. The number of hydrogen-bond acceptors (Lipinski definition) is 3. The molecule has 3 nitrogen and oxygen atoms in total. The minimum absolute atomic E-state index is 0.829. The summed E-state index contributed by atoms with van der Waals surface area (Å²) in [5.74, 6) is 0.829. The van der Waals surface area contributed by atoms with Crippen molar-refractivity contribution in [3.05, 3.63) is 30.5 Å². The zero-order valence-electron chi connectivity index (χ0n) is 13.2. The monoisotopic (exact) mass is 286 g/mol. The van der Waals surface area contributed by atoms with Gasteiger partial charge in [0.15, 0.2) is 0 Å². The van der Waals surface area contributed by atoms with E-state index in [4.69, 9.17) is 4.74 Å². The minimum Gasteiger partial charge on any atom is -0.494 e. The van der Waals surface area contributed by atoms with Crippen LogP contribution in [0.25, 0.3) is 10.9 Å². The fourth-order valence-corrected chi connectivity index (χ4v) is 2.60. The highest BCUT2D eigenvalue weighted by Crippen LogP contribution is 2.28. The average molecular weight is 286 g/mol. The Bertz CT molecular complexity index is 554. The van der Waals surface area contributed by atoms with E-state index < -0.39 is 0 Å². The van der Waals surface area contributed by atoms with Gasteiger partial charge in [-0.25, -0.2) is 0 Å². The molecule has 0 spiro atoms. The third-order valence-corrected chi connectivity index (χ3v) is 3.80. The molecule has 1 aromatic heterocycles. The van der Waals surface area contributed by atoms with Gasteiger partial charge in [0.25, 0.3) is 0 Å². The summed E-state index contributed by atoms with van der Waals surface area (Å²) in [7, 11) is 1.69. The van der Waals surface area contributed by atoms with E-state index >= 15 is 0 Å². The van der Waals surface area contributed by atoms with Crippen molar-refractivity contribution in [2.24, 2.45) is 0 Å². The normalized spacial score (nSPS) is 10.8. The summed E-state index contributed by atoms with van der Waals surface area (Å²) in [5, 5.41) is 4.66. The highest BCUT2D eigenvalue weighted by Gasteiger charge is 2.05. The molecule has 0 saturated heterocycles. The topological polar surface area (TPSA) is 34.2 Å². The van der Waals surface area contributed by atoms with E-state index in [0.717, 1.165) is 28.9 Å². The van der Waals surface area contributed by atoms with Gasteiger partial charge >= 0.3 is 0 Å². The molecule has 114 valence electrons. The lowest BCUT2D eigenvalue weighted by Crippen LogP contribution is -2.02. The maximum absolute atomic E-state index is 5.37. The Labute approximate surface area is 127 Å². The van der Waals surface area contributed by atoms with Crippen LogP contribution in [0.4, 0.5) is 5.69 Å². The van der Waals surface area contributed by atoms with Crippen LogP contribution >= 0.6 is 0 Å². The standard InChI is InChI=1S/C18H26N2O/c1-3-4-5-6-7-8-13-19-16-12-14-20-18-15(16)10-9-11-17(18)21-2/h9-12,14H,3-8,13H2,1-2H3,(H,19,20). The van der Waals surface area contributed by atoms with E-state index in [1.807, 2.05) is 24.4 Å². The van der Waals surface area contributed by atoms with Crippen LogP contribution in [0.3, 0.4) is 0 Å². The number of ether oxygens (including phenoxy) is 1. The zero-order chi connectivity index (χ0) is 14.9. The van der Waals surface area contributed by atoms with E-state index in [0.29, 0.717) is 0 Å². The van der Waals surface area contributed by atoms with Crippen LogP contribution in [0.2, 0.25) is 0 Å². The van der Waals surface area contributed by atoms with Gasteiger partial charge in [-0.2, -0.15) is 0 Å². The molecule has 0 unspecified atom stereocenters. The van der Waals surface area contributed by atoms with Crippen molar-refractivity contribution < 1.29 is 4.74 Å². The lowest BCUT2D eigenvalue weighted by Gasteiger charge is -2.11. The van der Waals surface area contributed by atoms with Gasteiger partial charge in [0, 0.05) is 23.8 Å². The van der Waals surface area contributed by atoms with E-state index in [2.05, 4.69) is 23.3 Å². The summed E-state index contributed by atoms with van der Waals surface area (Å²) < 4.78 is 5.37. The zero-order valence-corrected chi connectivity index (χ0v) is 13.2. The Balaban J connectivity index is 1.90. The summed E-state index contributed by atoms with van der Waals surface area (Å²) in [4.78, 5) is 4.43. The summed E-state index contributed by atoms with van der Waals surface area (Å²) >= 11 is 0. The lowest BCUT2D eigenvalue weighted by atomic mass is 10.1. The summed E-state index contributed by atoms with van der Waals surface area (Å²) in [6.07, 6.45) is 9.75. The SMILES string of the molecule is CCCCCCCCNc1ccnc2c(OC)cccc12. The molecule has 0 atom stereocenters. The molecular weight excluding hydrogens is 260 g/mol. The Kier molecular flexibility index (Phi) is 6.32. The average Bonchev–Trinajstić information content (AvgIpc) is 2.53. The van der Waals surface area contributed by atoms with Crippen LogP contribution in [-0.4, -0.2) is 18.6 Å². The molecule has 1 heterocycles. The summed E-state index contributed by atoms with van der Waals surface area (Å²) in [5.41, 5.74) is 2.07. The molecule has 0 radical (unpaired) electrons. The largest absolute Gasteiger partial charge is 0.494 e. The Morgan fingerprint density at radius 3 is 2.67 bits per heavy atom. The van der Waals surface area contributed by atoms with Gasteiger partial charge in [-0.05, 0) is 18.6 Å². The quantitative estimate of drug-likeness (QED) is 0.657. The van der Waals surface area contributed by atoms with E-state index in [1.54, 1.807) is 7.11 Å². The number of para-hydroxylation sites is 1. The minimum atomic E-state index is 0.829. The molecule has 2 aromatic rings. The van der Waals surface area contributed by atoms with Crippen LogP contribution < -0.4 is 10.1 Å². The fourth-order valence-electron chi connectivity index (χ4n) is 2.60. The molecule has 2 rings (SSSR count). The summed E-state index contributed by atoms with van der Waals surface area (Å²) in [6.45, 7) is 3.27. The first-order valence-electron chi connectivity index (χ1n) is 8.02. The number of fused-ring (bicyclic) bond motifs is 1. The van der Waals surface area contributed by atoms with E-state index in [1.165, 1.54) is 38.5 Å². The van der Waals surface area contributed by atoms with Gasteiger partial charge in [-0.15, -0.1) is 0 Å². The Morgan fingerprint density at radius 1 is 1.05 bits per heavy atom. The maximum atomic E-state index is 5.37. The van der Waals surface area contributed by atoms with E-state index in [9.17, 15) is 0 Å². The van der Waals surface area contributed by atoms with Crippen molar-refractivity contribution in [3.63, 3.8) is 0 Å². The van der Waals surface area contributed by atoms with E-state index in [-0.39, 0.29) is 0 Å². The molecule has 1 aromatic carbocycles. The van der Waals surface area contributed by atoms with Gasteiger partial charge in [-0.3, -0.25) is 4.98 Å². The first-order valence-corrected chi connectivity index (χ1v) is 8.02.